The van der Waals surface area contributed by atoms with Gasteiger partial charge in [-0.3, -0.25) is 4.98 Å². The SMILES string of the molecule is Cc1cc(C(C)C)c(C(F)(F)F)cn1. The second kappa shape index (κ2) is 3.59. The molecular weight excluding hydrogens is 191 g/mol. The minimum atomic E-state index is -4.31. The zero-order valence-electron chi connectivity index (χ0n) is 8.31. The molecule has 1 nitrogen and oxygen atoms in total. The minimum absolute atomic E-state index is 0.145. The lowest BCUT2D eigenvalue weighted by molar-refractivity contribution is -0.138. The molecule has 1 aromatic rings. The van der Waals surface area contributed by atoms with Crippen LogP contribution in [0.15, 0.2) is 12.3 Å². The van der Waals surface area contributed by atoms with Crippen LogP contribution in [0.4, 0.5) is 13.2 Å². The van der Waals surface area contributed by atoms with Crippen molar-refractivity contribution in [3.63, 3.8) is 0 Å². The van der Waals surface area contributed by atoms with Crippen molar-refractivity contribution < 1.29 is 13.2 Å². The van der Waals surface area contributed by atoms with Gasteiger partial charge in [0.15, 0.2) is 0 Å². The van der Waals surface area contributed by atoms with Crippen molar-refractivity contribution in [1.82, 2.24) is 4.98 Å². The van der Waals surface area contributed by atoms with Crippen LogP contribution >= 0.6 is 0 Å². The zero-order chi connectivity index (χ0) is 10.9. The Morgan fingerprint density at radius 2 is 1.86 bits per heavy atom. The van der Waals surface area contributed by atoms with E-state index < -0.39 is 11.7 Å². The molecule has 0 atom stereocenters. The predicted octanol–water partition coefficient (Wildman–Crippen LogP) is 3.53. The van der Waals surface area contributed by atoms with E-state index in [2.05, 4.69) is 4.98 Å². The largest absolute Gasteiger partial charge is 0.418 e. The molecule has 4 heteroatoms. The van der Waals surface area contributed by atoms with Crippen molar-refractivity contribution in [2.75, 3.05) is 0 Å². The van der Waals surface area contributed by atoms with Gasteiger partial charge in [0.05, 0.1) is 5.56 Å². The topological polar surface area (TPSA) is 12.9 Å². The lowest BCUT2D eigenvalue weighted by atomic mass is 9.98. The molecular formula is C10H12F3N. The average Bonchev–Trinajstić information content (AvgIpc) is 2.01. The summed E-state index contributed by atoms with van der Waals surface area (Å²) in [5.74, 6) is -0.145. The quantitative estimate of drug-likeness (QED) is 0.680. The highest BCUT2D eigenvalue weighted by molar-refractivity contribution is 5.31. The van der Waals surface area contributed by atoms with Gasteiger partial charge >= 0.3 is 6.18 Å². The Kier molecular flexibility index (Phi) is 2.83. The number of hydrogen-bond acceptors (Lipinski definition) is 1. The van der Waals surface area contributed by atoms with Gasteiger partial charge in [0.2, 0.25) is 0 Å². The van der Waals surface area contributed by atoms with Crippen molar-refractivity contribution in [2.24, 2.45) is 0 Å². The molecule has 1 heterocycles. The van der Waals surface area contributed by atoms with Crippen LogP contribution in [-0.4, -0.2) is 4.98 Å². The molecule has 0 aromatic carbocycles. The Balaban J connectivity index is 3.29. The van der Waals surface area contributed by atoms with Gasteiger partial charge in [0, 0.05) is 11.9 Å². The van der Waals surface area contributed by atoms with Gasteiger partial charge in [0.25, 0.3) is 0 Å². The summed E-state index contributed by atoms with van der Waals surface area (Å²) in [5.41, 5.74) is 0.296. The summed E-state index contributed by atoms with van der Waals surface area (Å²) >= 11 is 0. The van der Waals surface area contributed by atoms with E-state index >= 15 is 0 Å². The second-order valence-electron chi connectivity index (χ2n) is 3.57. The molecule has 0 saturated carbocycles. The Labute approximate surface area is 81.0 Å². The molecule has 0 saturated heterocycles. The number of alkyl halides is 3. The summed E-state index contributed by atoms with van der Waals surface area (Å²) in [5, 5.41) is 0. The summed E-state index contributed by atoms with van der Waals surface area (Å²) in [6.45, 7) is 5.17. The molecule has 1 rings (SSSR count). The molecule has 1 aromatic heterocycles. The first-order valence-electron chi connectivity index (χ1n) is 4.36. The fourth-order valence-corrected chi connectivity index (χ4v) is 1.30. The van der Waals surface area contributed by atoms with Gasteiger partial charge in [-0.05, 0) is 24.5 Å². The van der Waals surface area contributed by atoms with Crippen molar-refractivity contribution in [3.8, 4) is 0 Å². The van der Waals surface area contributed by atoms with Crippen LogP contribution in [-0.2, 0) is 6.18 Å². The first-order valence-corrected chi connectivity index (χ1v) is 4.36. The van der Waals surface area contributed by atoms with Crippen LogP contribution in [0, 0.1) is 6.92 Å². The summed E-state index contributed by atoms with van der Waals surface area (Å²) in [4.78, 5) is 3.67. The predicted molar refractivity (Wildman–Crippen MR) is 48.1 cm³/mol. The van der Waals surface area contributed by atoms with Crippen LogP contribution in [0.3, 0.4) is 0 Å². The Bertz CT molecular complexity index is 329. The van der Waals surface area contributed by atoms with E-state index in [1.165, 1.54) is 6.07 Å². The number of pyridine rings is 1. The molecule has 0 unspecified atom stereocenters. The maximum atomic E-state index is 12.5. The van der Waals surface area contributed by atoms with E-state index in [9.17, 15) is 13.2 Å². The van der Waals surface area contributed by atoms with E-state index in [0.29, 0.717) is 11.3 Å². The summed E-state index contributed by atoms with van der Waals surface area (Å²) in [6, 6.07) is 1.49. The third kappa shape index (κ3) is 2.25. The Morgan fingerprint density at radius 3 is 2.29 bits per heavy atom. The number of halogens is 3. The molecule has 0 aliphatic carbocycles. The molecule has 0 N–H and O–H groups in total. The highest BCUT2D eigenvalue weighted by Gasteiger charge is 2.34. The third-order valence-corrected chi connectivity index (χ3v) is 2.00. The normalized spacial score (nSPS) is 12.2. The Morgan fingerprint density at radius 1 is 1.29 bits per heavy atom. The maximum absolute atomic E-state index is 12.5. The van der Waals surface area contributed by atoms with Crippen LogP contribution in [0.5, 0.6) is 0 Å². The molecule has 0 fully saturated rings. The molecule has 0 bridgehead atoms. The highest BCUT2D eigenvalue weighted by Crippen LogP contribution is 2.34. The average molecular weight is 203 g/mol. The fraction of sp³-hybridized carbons (Fsp3) is 0.500. The van der Waals surface area contributed by atoms with Crippen molar-refractivity contribution in [1.29, 1.82) is 0 Å². The maximum Gasteiger partial charge on any atom is 0.418 e. The molecule has 78 valence electrons. The summed E-state index contributed by atoms with van der Waals surface area (Å²) in [6.07, 6.45) is -3.40. The van der Waals surface area contributed by atoms with E-state index in [4.69, 9.17) is 0 Å². The van der Waals surface area contributed by atoms with Crippen LogP contribution in [0.2, 0.25) is 0 Å². The van der Waals surface area contributed by atoms with Crippen molar-refractivity contribution in [3.05, 3.63) is 29.1 Å². The van der Waals surface area contributed by atoms with E-state index in [-0.39, 0.29) is 5.92 Å². The zero-order valence-corrected chi connectivity index (χ0v) is 8.31. The third-order valence-electron chi connectivity index (χ3n) is 2.00. The summed E-state index contributed by atoms with van der Waals surface area (Å²) in [7, 11) is 0. The first-order chi connectivity index (χ1) is 6.32. The number of rotatable bonds is 1. The minimum Gasteiger partial charge on any atom is -0.261 e. The molecule has 0 radical (unpaired) electrons. The fourth-order valence-electron chi connectivity index (χ4n) is 1.30. The number of hydrogen-bond donors (Lipinski definition) is 0. The number of aryl methyl sites for hydroxylation is 1. The van der Waals surface area contributed by atoms with Gasteiger partial charge in [-0.15, -0.1) is 0 Å². The monoisotopic (exact) mass is 203 g/mol. The number of aromatic nitrogens is 1. The lowest BCUT2D eigenvalue weighted by Gasteiger charge is -2.15. The van der Waals surface area contributed by atoms with Crippen LogP contribution in [0.25, 0.3) is 0 Å². The molecule has 14 heavy (non-hydrogen) atoms. The van der Waals surface area contributed by atoms with Gasteiger partial charge in [-0.2, -0.15) is 13.2 Å². The van der Waals surface area contributed by atoms with Gasteiger partial charge in [-0.25, -0.2) is 0 Å². The lowest BCUT2D eigenvalue weighted by Crippen LogP contribution is -2.11. The number of nitrogens with zero attached hydrogens (tertiary/aromatic N) is 1. The van der Waals surface area contributed by atoms with E-state index in [0.717, 1.165) is 6.20 Å². The second-order valence-corrected chi connectivity index (χ2v) is 3.57. The van der Waals surface area contributed by atoms with Gasteiger partial charge in [0.1, 0.15) is 0 Å². The summed E-state index contributed by atoms with van der Waals surface area (Å²) < 4.78 is 37.5. The smallest absolute Gasteiger partial charge is 0.261 e. The van der Waals surface area contributed by atoms with Crippen molar-refractivity contribution in [2.45, 2.75) is 32.9 Å². The Hall–Kier alpha value is -1.06. The standard InChI is InChI=1S/C10H12F3N/c1-6(2)8-4-7(3)14-5-9(8)10(11,12)13/h4-6H,1-3H3. The first kappa shape index (κ1) is 11.0. The molecule has 0 spiro atoms. The van der Waals surface area contributed by atoms with Gasteiger partial charge in [-0.1, -0.05) is 13.8 Å². The van der Waals surface area contributed by atoms with Crippen molar-refractivity contribution >= 4 is 0 Å². The van der Waals surface area contributed by atoms with Gasteiger partial charge < -0.3 is 0 Å². The highest BCUT2D eigenvalue weighted by atomic mass is 19.4. The molecule has 0 aliphatic heterocycles. The van der Waals surface area contributed by atoms with Crippen LogP contribution in [0.1, 0.15) is 36.6 Å². The van der Waals surface area contributed by atoms with E-state index in [1.54, 1.807) is 20.8 Å². The van der Waals surface area contributed by atoms with E-state index in [1.807, 2.05) is 0 Å². The molecule has 0 amide bonds. The molecule has 0 aliphatic rings. The van der Waals surface area contributed by atoms with Crippen LogP contribution < -0.4 is 0 Å².